The van der Waals surface area contributed by atoms with Gasteiger partial charge in [0, 0.05) is 18.3 Å². The third kappa shape index (κ3) is 7.76. The molecular formula is C37H44N8O3S. The summed E-state index contributed by atoms with van der Waals surface area (Å²) in [7, 11) is 3.41. The van der Waals surface area contributed by atoms with Crippen LogP contribution >= 0.6 is 11.3 Å². The maximum atomic E-state index is 13.5. The van der Waals surface area contributed by atoms with Gasteiger partial charge in [0.05, 0.1) is 48.4 Å². The van der Waals surface area contributed by atoms with Crippen LogP contribution in [0.3, 0.4) is 0 Å². The molecule has 6 rings (SSSR count). The Morgan fingerprint density at radius 1 is 0.959 bits per heavy atom. The molecule has 0 radical (unpaired) electrons. The van der Waals surface area contributed by atoms with Gasteiger partial charge in [-0.3, -0.25) is 9.69 Å². The average molecular weight is 681 g/mol. The topological polar surface area (TPSA) is 132 Å². The molecule has 0 bridgehead atoms. The number of nitrogens with zero attached hydrogens (tertiary/aromatic N) is 5. The predicted octanol–water partition coefficient (Wildman–Crippen LogP) is 7.14. The van der Waals surface area contributed by atoms with Crippen molar-refractivity contribution in [2.24, 2.45) is 5.92 Å². The first-order valence-electron chi connectivity index (χ1n) is 16.8. The summed E-state index contributed by atoms with van der Waals surface area (Å²) in [6.07, 6.45) is 7.83. The van der Waals surface area contributed by atoms with Crippen LogP contribution in [0.4, 0.5) is 4.79 Å². The Bertz CT molecular complexity index is 1860. The number of ether oxygens (including phenoxy) is 1. The van der Waals surface area contributed by atoms with Gasteiger partial charge < -0.3 is 24.9 Å². The largest absolute Gasteiger partial charge is 0.453 e. The summed E-state index contributed by atoms with van der Waals surface area (Å²) in [4.78, 5) is 51.4. The summed E-state index contributed by atoms with van der Waals surface area (Å²) in [5, 5.41) is 3.67. The fraction of sp³-hybridized carbons (Fsp3) is 0.378. The zero-order valence-corrected chi connectivity index (χ0v) is 29.5. The van der Waals surface area contributed by atoms with E-state index in [2.05, 4.69) is 92.7 Å². The highest BCUT2D eigenvalue weighted by molar-refractivity contribution is 7.18. The molecule has 1 fully saturated rings. The molecule has 4 heterocycles. The molecule has 0 saturated carbocycles. The smallest absolute Gasteiger partial charge is 0.407 e. The highest BCUT2D eigenvalue weighted by Gasteiger charge is 2.37. The van der Waals surface area contributed by atoms with E-state index in [9.17, 15) is 9.59 Å². The Morgan fingerprint density at radius 2 is 1.61 bits per heavy atom. The first-order valence-corrected chi connectivity index (χ1v) is 17.7. The maximum Gasteiger partial charge on any atom is 0.407 e. The van der Waals surface area contributed by atoms with Crippen LogP contribution in [-0.2, 0) is 16.1 Å². The van der Waals surface area contributed by atoms with Gasteiger partial charge in [-0.25, -0.2) is 19.7 Å². The van der Waals surface area contributed by atoms with E-state index < -0.39 is 12.1 Å². The number of alkyl carbamates (subject to hydrolysis) is 1. The van der Waals surface area contributed by atoms with Crippen molar-refractivity contribution < 1.29 is 14.3 Å². The second-order valence-electron chi connectivity index (χ2n) is 12.9. The van der Waals surface area contributed by atoms with Gasteiger partial charge in [0.2, 0.25) is 5.91 Å². The quantitative estimate of drug-likeness (QED) is 0.128. The van der Waals surface area contributed by atoms with Gasteiger partial charge in [0.15, 0.2) is 0 Å². The standard InChI is InChI=1S/C37H44N8O3S/c1-6-17-44(4)22-32-38-19-28(41-32)24-11-15-27(16-12-24)35-40-21-31(49-35)26-13-9-25(10-14-26)29-20-39-34(42-29)30-8-7-18-45(30)36(46)33(23(2)3)43-37(47)48-5/h9-16,19-21,23,30,33H,6-8,17-18,22H2,1-5H3,(H,38,41)(H,39,42)(H,43,47). The zero-order chi connectivity index (χ0) is 34.5. The van der Waals surface area contributed by atoms with Gasteiger partial charge >= 0.3 is 6.09 Å². The Hall–Kier alpha value is -4.81. The van der Waals surface area contributed by atoms with E-state index in [1.807, 2.05) is 37.3 Å². The van der Waals surface area contributed by atoms with Crippen molar-refractivity contribution in [3.63, 3.8) is 0 Å². The number of rotatable bonds is 12. The van der Waals surface area contributed by atoms with Crippen LogP contribution in [0, 0.1) is 5.92 Å². The van der Waals surface area contributed by atoms with E-state index in [1.165, 1.54) is 7.11 Å². The number of nitrogens with one attached hydrogen (secondary N) is 3. The monoisotopic (exact) mass is 680 g/mol. The molecule has 3 N–H and O–H groups in total. The van der Waals surface area contributed by atoms with Crippen molar-refractivity contribution >= 4 is 23.3 Å². The average Bonchev–Trinajstić information content (AvgIpc) is 3.94. The van der Waals surface area contributed by atoms with Crippen molar-refractivity contribution in [2.75, 3.05) is 27.2 Å². The third-order valence-electron chi connectivity index (χ3n) is 8.92. The summed E-state index contributed by atoms with van der Waals surface area (Å²) in [6, 6.07) is 15.9. The first kappa shape index (κ1) is 34.1. The summed E-state index contributed by atoms with van der Waals surface area (Å²) in [5.74, 6) is 1.51. The van der Waals surface area contributed by atoms with Gasteiger partial charge in [-0.15, -0.1) is 11.3 Å². The summed E-state index contributed by atoms with van der Waals surface area (Å²) < 4.78 is 4.75. The van der Waals surface area contributed by atoms with Crippen LogP contribution in [0.15, 0.2) is 67.1 Å². The SMILES string of the molecule is CCCN(C)Cc1ncc(-c2ccc(-c3ncc(-c4ccc(-c5cnc(C6CCCN6C(=O)C(NC(=O)OC)C(C)C)[nH]5)cc4)s3)cc2)[nH]1. The third-order valence-corrected chi connectivity index (χ3v) is 10.0. The second kappa shape index (κ2) is 15.2. The molecule has 1 saturated heterocycles. The summed E-state index contributed by atoms with van der Waals surface area (Å²) >= 11 is 1.66. The van der Waals surface area contributed by atoms with Crippen LogP contribution in [-0.4, -0.2) is 80.0 Å². The Labute approximate surface area is 291 Å². The molecule has 12 heteroatoms. The number of imidazole rings is 2. The Morgan fingerprint density at radius 3 is 2.29 bits per heavy atom. The van der Waals surface area contributed by atoms with Crippen LogP contribution in [0.5, 0.6) is 0 Å². The predicted molar refractivity (Wildman–Crippen MR) is 193 cm³/mol. The molecule has 2 atom stereocenters. The van der Waals surface area contributed by atoms with E-state index in [0.29, 0.717) is 6.54 Å². The molecule has 0 spiro atoms. The lowest BCUT2D eigenvalue weighted by molar-refractivity contribution is -0.135. The van der Waals surface area contributed by atoms with Gasteiger partial charge in [-0.05, 0) is 55.5 Å². The van der Waals surface area contributed by atoms with Crippen LogP contribution in [0.1, 0.15) is 57.7 Å². The number of benzene rings is 2. The van der Waals surface area contributed by atoms with E-state index in [-0.39, 0.29) is 17.9 Å². The lowest BCUT2D eigenvalue weighted by Crippen LogP contribution is -2.51. The zero-order valence-electron chi connectivity index (χ0n) is 28.7. The number of aromatic amines is 2. The molecular weight excluding hydrogens is 637 g/mol. The second-order valence-corrected chi connectivity index (χ2v) is 13.9. The number of carbonyl (C=O) groups is 2. The number of aromatic nitrogens is 5. The summed E-state index contributed by atoms with van der Waals surface area (Å²) in [6.45, 7) is 8.46. The molecule has 11 nitrogen and oxygen atoms in total. The normalized spacial score (nSPS) is 15.2. The van der Waals surface area contributed by atoms with Crippen molar-refractivity contribution in [2.45, 2.75) is 58.7 Å². The van der Waals surface area contributed by atoms with Crippen LogP contribution in [0.2, 0.25) is 0 Å². The number of H-pyrrole nitrogens is 2. The highest BCUT2D eigenvalue weighted by atomic mass is 32.1. The lowest BCUT2D eigenvalue weighted by atomic mass is 10.0. The van der Waals surface area contributed by atoms with Gasteiger partial charge in [0.25, 0.3) is 0 Å². The van der Waals surface area contributed by atoms with Crippen LogP contribution in [0.25, 0.3) is 43.5 Å². The number of methoxy groups -OCH3 is 1. The summed E-state index contributed by atoms with van der Waals surface area (Å²) in [5.41, 5.74) is 6.16. The van der Waals surface area contributed by atoms with Crippen molar-refractivity contribution in [3.8, 4) is 43.5 Å². The van der Waals surface area contributed by atoms with Gasteiger partial charge in [-0.2, -0.15) is 0 Å². The number of hydrogen-bond donors (Lipinski definition) is 3. The van der Waals surface area contributed by atoms with E-state index in [4.69, 9.17) is 9.72 Å². The number of likely N-dealkylation sites (tertiary alicyclic amines) is 1. The molecule has 5 aromatic rings. The minimum Gasteiger partial charge on any atom is -0.453 e. The maximum absolute atomic E-state index is 13.5. The molecule has 256 valence electrons. The van der Waals surface area contributed by atoms with Crippen molar-refractivity contribution in [1.82, 2.24) is 40.0 Å². The van der Waals surface area contributed by atoms with Crippen LogP contribution < -0.4 is 5.32 Å². The molecule has 2 amide bonds. The van der Waals surface area contributed by atoms with Crippen molar-refractivity contribution in [3.05, 3.63) is 78.8 Å². The number of amides is 2. The Kier molecular flexibility index (Phi) is 10.5. The molecule has 1 aliphatic heterocycles. The number of carbonyl (C=O) groups excluding carboxylic acids is 2. The van der Waals surface area contributed by atoms with Gasteiger partial charge in [0.1, 0.15) is 22.7 Å². The fourth-order valence-electron chi connectivity index (χ4n) is 6.30. The minimum atomic E-state index is -0.667. The van der Waals surface area contributed by atoms with E-state index in [1.54, 1.807) is 11.3 Å². The van der Waals surface area contributed by atoms with Gasteiger partial charge in [-0.1, -0.05) is 69.3 Å². The molecule has 2 aromatic carbocycles. The molecule has 1 aliphatic rings. The van der Waals surface area contributed by atoms with Crippen molar-refractivity contribution in [1.29, 1.82) is 0 Å². The molecule has 3 aromatic heterocycles. The minimum absolute atomic E-state index is 0.0855. The first-order chi connectivity index (χ1) is 23.7. The fourth-order valence-corrected chi connectivity index (χ4v) is 7.23. The molecule has 49 heavy (non-hydrogen) atoms. The Balaban J connectivity index is 1.10. The number of thiazole rings is 1. The lowest BCUT2D eigenvalue weighted by Gasteiger charge is -2.30. The van der Waals surface area contributed by atoms with E-state index in [0.717, 1.165) is 87.5 Å². The van der Waals surface area contributed by atoms with E-state index >= 15 is 0 Å². The molecule has 0 aliphatic carbocycles. The highest BCUT2D eigenvalue weighted by Crippen LogP contribution is 2.35. The molecule has 2 unspecified atom stereocenters. The number of hydrogen-bond acceptors (Lipinski definition) is 8.